The molecule has 0 amide bonds. The van der Waals surface area contributed by atoms with Gasteiger partial charge in [-0.05, 0) is 13.0 Å². The van der Waals surface area contributed by atoms with E-state index in [0.717, 1.165) is 6.07 Å². The van der Waals surface area contributed by atoms with Crippen molar-refractivity contribution in [3.63, 3.8) is 0 Å². The SMILES string of the molecule is CC#CCOc1cc(Cl)c(S(N)(=O)=O)cc1Cl. The van der Waals surface area contributed by atoms with E-state index in [2.05, 4.69) is 11.8 Å². The Balaban J connectivity index is 3.13. The molecule has 0 aromatic heterocycles. The van der Waals surface area contributed by atoms with Crippen LogP contribution in [0.2, 0.25) is 10.0 Å². The molecule has 0 heterocycles. The van der Waals surface area contributed by atoms with E-state index in [-0.39, 0.29) is 27.3 Å². The van der Waals surface area contributed by atoms with Crippen LogP contribution in [0.3, 0.4) is 0 Å². The van der Waals surface area contributed by atoms with E-state index in [4.69, 9.17) is 33.1 Å². The highest BCUT2D eigenvalue weighted by Crippen LogP contribution is 2.32. The Hall–Kier alpha value is -0.930. The highest BCUT2D eigenvalue weighted by molar-refractivity contribution is 7.89. The van der Waals surface area contributed by atoms with Crippen LogP contribution in [-0.2, 0) is 10.0 Å². The zero-order chi connectivity index (χ0) is 13.1. The van der Waals surface area contributed by atoms with Crippen molar-refractivity contribution in [2.24, 2.45) is 5.14 Å². The van der Waals surface area contributed by atoms with E-state index in [1.165, 1.54) is 6.07 Å². The zero-order valence-corrected chi connectivity index (χ0v) is 11.2. The standard InChI is InChI=1S/C10H9Cl2NO3S/c1-2-3-4-16-9-5-8(12)10(6-7(9)11)17(13,14)15/h5-6H,4H2,1H3,(H2,13,14,15). The van der Waals surface area contributed by atoms with Gasteiger partial charge in [0.1, 0.15) is 17.3 Å². The van der Waals surface area contributed by atoms with Crippen LogP contribution in [-0.4, -0.2) is 15.0 Å². The lowest BCUT2D eigenvalue weighted by molar-refractivity contribution is 0.370. The van der Waals surface area contributed by atoms with E-state index >= 15 is 0 Å². The first-order valence-electron chi connectivity index (χ1n) is 4.40. The molecule has 7 heteroatoms. The fraction of sp³-hybridized carbons (Fsp3) is 0.200. The second-order valence-electron chi connectivity index (χ2n) is 2.97. The number of halogens is 2. The molecule has 92 valence electrons. The Morgan fingerprint density at radius 3 is 2.53 bits per heavy atom. The van der Waals surface area contributed by atoms with E-state index in [9.17, 15) is 8.42 Å². The summed E-state index contributed by atoms with van der Waals surface area (Å²) in [5.74, 6) is 5.57. The Labute approximate surface area is 110 Å². The molecule has 0 unspecified atom stereocenters. The third kappa shape index (κ3) is 3.79. The smallest absolute Gasteiger partial charge is 0.239 e. The summed E-state index contributed by atoms with van der Waals surface area (Å²) in [6, 6.07) is 2.44. The predicted molar refractivity (Wildman–Crippen MR) is 66.8 cm³/mol. The highest BCUT2D eigenvalue weighted by Gasteiger charge is 2.16. The molecule has 0 atom stereocenters. The summed E-state index contributed by atoms with van der Waals surface area (Å²) >= 11 is 11.6. The number of ether oxygens (including phenoxy) is 1. The quantitative estimate of drug-likeness (QED) is 0.867. The third-order valence-corrected chi connectivity index (χ3v) is 3.44. The van der Waals surface area contributed by atoms with Crippen LogP contribution >= 0.6 is 23.2 Å². The molecule has 0 fully saturated rings. The van der Waals surface area contributed by atoms with E-state index in [1.54, 1.807) is 6.92 Å². The molecular weight excluding hydrogens is 285 g/mol. The summed E-state index contributed by atoms with van der Waals surface area (Å²) in [7, 11) is -3.90. The van der Waals surface area contributed by atoms with Gasteiger partial charge in [0, 0.05) is 6.07 Å². The lowest BCUT2D eigenvalue weighted by atomic mass is 10.3. The van der Waals surface area contributed by atoms with Crippen molar-refractivity contribution in [2.75, 3.05) is 6.61 Å². The molecule has 1 rings (SSSR count). The van der Waals surface area contributed by atoms with Gasteiger partial charge in [-0.1, -0.05) is 29.1 Å². The third-order valence-electron chi connectivity index (χ3n) is 1.77. The van der Waals surface area contributed by atoms with Gasteiger partial charge in [0.2, 0.25) is 10.0 Å². The Morgan fingerprint density at radius 2 is 2.00 bits per heavy atom. The van der Waals surface area contributed by atoms with Crippen LogP contribution < -0.4 is 9.88 Å². The maximum atomic E-state index is 11.1. The predicted octanol–water partition coefficient (Wildman–Crippen LogP) is 2.04. The number of sulfonamides is 1. The highest BCUT2D eigenvalue weighted by atomic mass is 35.5. The summed E-state index contributed by atoms with van der Waals surface area (Å²) in [4.78, 5) is -0.238. The number of primary sulfonamides is 1. The Bertz CT molecular complexity index is 588. The number of hydrogen-bond acceptors (Lipinski definition) is 3. The van der Waals surface area contributed by atoms with Gasteiger partial charge in [-0.15, -0.1) is 5.92 Å². The fourth-order valence-electron chi connectivity index (χ4n) is 1.02. The topological polar surface area (TPSA) is 69.4 Å². The monoisotopic (exact) mass is 293 g/mol. The fourth-order valence-corrected chi connectivity index (χ4v) is 2.40. The number of hydrogen-bond donors (Lipinski definition) is 1. The lowest BCUT2D eigenvalue weighted by Crippen LogP contribution is -2.13. The minimum atomic E-state index is -3.90. The molecule has 0 saturated heterocycles. The van der Waals surface area contributed by atoms with E-state index in [1.807, 2.05) is 0 Å². The molecule has 0 radical (unpaired) electrons. The number of benzene rings is 1. The van der Waals surface area contributed by atoms with Gasteiger partial charge in [0.15, 0.2) is 0 Å². The van der Waals surface area contributed by atoms with Crippen LogP contribution in [0, 0.1) is 11.8 Å². The normalized spacial score (nSPS) is 10.6. The van der Waals surface area contributed by atoms with Gasteiger partial charge < -0.3 is 4.74 Å². The second kappa shape index (κ2) is 5.61. The van der Waals surface area contributed by atoms with Crippen molar-refractivity contribution in [3.8, 4) is 17.6 Å². The van der Waals surface area contributed by atoms with Crippen LogP contribution in [0.15, 0.2) is 17.0 Å². The van der Waals surface area contributed by atoms with E-state index < -0.39 is 10.0 Å². The van der Waals surface area contributed by atoms with Crippen molar-refractivity contribution >= 4 is 33.2 Å². The molecular formula is C10H9Cl2NO3S. The van der Waals surface area contributed by atoms with Crippen molar-refractivity contribution in [1.82, 2.24) is 0 Å². The Morgan fingerprint density at radius 1 is 1.35 bits per heavy atom. The van der Waals surface area contributed by atoms with Gasteiger partial charge in [0.25, 0.3) is 0 Å². The maximum Gasteiger partial charge on any atom is 0.239 e. The van der Waals surface area contributed by atoms with Crippen LogP contribution in [0.1, 0.15) is 6.92 Å². The van der Waals surface area contributed by atoms with Crippen molar-refractivity contribution in [1.29, 1.82) is 0 Å². The molecule has 0 aliphatic heterocycles. The molecule has 0 aliphatic rings. The first-order valence-corrected chi connectivity index (χ1v) is 6.70. The first kappa shape index (κ1) is 14.1. The zero-order valence-electron chi connectivity index (χ0n) is 8.83. The van der Waals surface area contributed by atoms with Gasteiger partial charge in [0.05, 0.1) is 10.0 Å². The summed E-state index contributed by atoms with van der Waals surface area (Å²) in [6.45, 7) is 1.81. The van der Waals surface area contributed by atoms with E-state index in [0.29, 0.717) is 0 Å². The lowest BCUT2D eigenvalue weighted by Gasteiger charge is -2.08. The van der Waals surface area contributed by atoms with Gasteiger partial charge in [-0.2, -0.15) is 0 Å². The van der Waals surface area contributed by atoms with Gasteiger partial charge >= 0.3 is 0 Å². The van der Waals surface area contributed by atoms with Crippen molar-refractivity contribution in [3.05, 3.63) is 22.2 Å². The molecule has 2 N–H and O–H groups in total. The van der Waals surface area contributed by atoms with Gasteiger partial charge in [-0.3, -0.25) is 0 Å². The van der Waals surface area contributed by atoms with Crippen molar-refractivity contribution in [2.45, 2.75) is 11.8 Å². The van der Waals surface area contributed by atoms with Crippen LogP contribution in [0.5, 0.6) is 5.75 Å². The molecule has 4 nitrogen and oxygen atoms in total. The number of nitrogens with two attached hydrogens (primary N) is 1. The molecule has 1 aromatic carbocycles. The Kier molecular flexibility index (Phi) is 4.66. The summed E-state index contributed by atoms with van der Waals surface area (Å²) in [5.41, 5.74) is 0. The summed E-state index contributed by atoms with van der Waals surface area (Å²) in [6.07, 6.45) is 0. The van der Waals surface area contributed by atoms with Crippen LogP contribution in [0.25, 0.3) is 0 Å². The molecule has 0 aliphatic carbocycles. The largest absolute Gasteiger partial charge is 0.479 e. The van der Waals surface area contributed by atoms with Crippen molar-refractivity contribution < 1.29 is 13.2 Å². The molecule has 0 saturated carbocycles. The molecule has 0 bridgehead atoms. The molecule has 1 aromatic rings. The van der Waals surface area contributed by atoms with Crippen LogP contribution in [0.4, 0.5) is 0 Å². The average molecular weight is 294 g/mol. The first-order chi connectivity index (χ1) is 7.86. The maximum absolute atomic E-state index is 11.1. The summed E-state index contributed by atoms with van der Waals surface area (Å²) < 4.78 is 27.5. The number of rotatable bonds is 3. The molecule has 17 heavy (non-hydrogen) atoms. The second-order valence-corrected chi connectivity index (χ2v) is 5.32. The minimum Gasteiger partial charge on any atom is -0.479 e. The molecule has 0 spiro atoms. The minimum absolute atomic E-state index is 0.0450. The average Bonchev–Trinajstić information content (AvgIpc) is 2.21. The summed E-state index contributed by atoms with van der Waals surface area (Å²) in [5, 5.41) is 5.03. The van der Waals surface area contributed by atoms with Gasteiger partial charge in [-0.25, -0.2) is 13.6 Å².